The number of nitrogens with zero attached hydrogens (tertiary/aromatic N) is 6. The molecule has 0 aromatic carbocycles. The van der Waals surface area contributed by atoms with E-state index in [0.29, 0.717) is 0 Å². The van der Waals surface area contributed by atoms with Gasteiger partial charge in [0.15, 0.2) is 5.82 Å². The highest BCUT2D eigenvalue weighted by molar-refractivity contribution is 7.11. The highest BCUT2D eigenvalue weighted by Crippen LogP contribution is 2.35. The number of anilines is 1. The van der Waals surface area contributed by atoms with Crippen LogP contribution in [0.2, 0.25) is 0 Å². The summed E-state index contributed by atoms with van der Waals surface area (Å²) in [6.45, 7) is 6.40. The zero-order valence-corrected chi connectivity index (χ0v) is 19.4. The topological polar surface area (TPSA) is 75.1 Å². The summed E-state index contributed by atoms with van der Waals surface area (Å²) in [5.41, 5.74) is 5.84. The third-order valence-corrected chi connectivity index (χ3v) is 7.36. The lowest BCUT2D eigenvalue weighted by Gasteiger charge is -2.36. The van der Waals surface area contributed by atoms with Crippen molar-refractivity contribution in [2.75, 3.05) is 18.0 Å². The maximum Gasteiger partial charge on any atom is 0.266 e. The van der Waals surface area contributed by atoms with Crippen molar-refractivity contribution in [3.05, 3.63) is 63.3 Å². The normalized spacial score (nSPS) is 18.5. The summed E-state index contributed by atoms with van der Waals surface area (Å²) in [5, 5.41) is 0. The maximum absolute atomic E-state index is 13.4. The van der Waals surface area contributed by atoms with Crippen LogP contribution in [0, 0.1) is 13.8 Å². The van der Waals surface area contributed by atoms with E-state index in [1.54, 1.807) is 5.51 Å². The van der Waals surface area contributed by atoms with Crippen molar-refractivity contribution in [1.29, 1.82) is 0 Å². The summed E-state index contributed by atoms with van der Waals surface area (Å²) >= 11 is 1.42. The van der Waals surface area contributed by atoms with Gasteiger partial charge in [-0.2, -0.15) is 0 Å². The molecule has 32 heavy (non-hydrogen) atoms. The number of carbonyl (C=O) groups is 1. The molecular formula is C24H28N6OS. The Balaban J connectivity index is 1.49. The van der Waals surface area contributed by atoms with E-state index >= 15 is 0 Å². The second-order valence-electron chi connectivity index (χ2n) is 8.59. The van der Waals surface area contributed by atoms with E-state index in [-0.39, 0.29) is 11.9 Å². The summed E-state index contributed by atoms with van der Waals surface area (Å²) in [4.78, 5) is 37.2. The minimum atomic E-state index is -0.0969. The van der Waals surface area contributed by atoms with Gasteiger partial charge in [0.2, 0.25) is 0 Å². The first-order chi connectivity index (χ1) is 15.6. The molecule has 0 aliphatic carbocycles. The molecule has 1 amide bonds. The van der Waals surface area contributed by atoms with Crippen molar-refractivity contribution in [3.8, 4) is 0 Å². The van der Waals surface area contributed by atoms with Crippen molar-refractivity contribution < 1.29 is 4.79 Å². The quantitative estimate of drug-likeness (QED) is 0.594. The third-order valence-electron chi connectivity index (χ3n) is 6.44. The van der Waals surface area contributed by atoms with E-state index in [1.807, 2.05) is 30.2 Å². The van der Waals surface area contributed by atoms with Crippen LogP contribution in [0.25, 0.3) is 0 Å². The van der Waals surface area contributed by atoms with E-state index < -0.39 is 0 Å². The Kier molecular flexibility index (Phi) is 5.87. The average Bonchev–Trinajstić information content (AvgIpc) is 3.25. The highest BCUT2D eigenvalue weighted by atomic mass is 32.1. The van der Waals surface area contributed by atoms with Crippen molar-refractivity contribution in [1.82, 2.24) is 24.8 Å². The van der Waals surface area contributed by atoms with Gasteiger partial charge >= 0.3 is 0 Å². The molecule has 0 N–H and O–H groups in total. The summed E-state index contributed by atoms with van der Waals surface area (Å²) in [5.74, 6) is 1.83. The number of carbonyl (C=O) groups excluding carboxylic acids is 1. The molecule has 1 atom stereocenters. The number of aryl methyl sites for hydroxylation is 2. The predicted octanol–water partition coefficient (Wildman–Crippen LogP) is 4.27. The van der Waals surface area contributed by atoms with Gasteiger partial charge in [-0.3, -0.25) is 9.78 Å². The van der Waals surface area contributed by atoms with Crippen LogP contribution < -0.4 is 4.90 Å². The molecule has 5 heterocycles. The van der Waals surface area contributed by atoms with E-state index in [4.69, 9.17) is 9.97 Å². The molecule has 0 radical (unpaired) electrons. The van der Waals surface area contributed by atoms with Gasteiger partial charge in [0.1, 0.15) is 10.7 Å². The number of piperidine rings is 1. The standard InChI is InChI=1S/C24H28N6OS/c1-16-19-9-7-12-29(14-18-8-3-5-11-25-18)23(19)28-22(27-16)20-10-4-6-13-30(20)24(31)21-17(2)26-15-32-21/h3,5,8,11,15,20H,4,6-7,9-10,12-14H2,1-2H3/t20-/m1/s1. The van der Waals surface area contributed by atoms with Crippen molar-refractivity contribution in [2.24, 2.45) is 0 Å². The highest BCUT2D eigenvalue weighted by Gasteiger charge is 2.33. The van der Waals surface area contributed by atoms with E-state index in [2.05, 4.69) is 27.9 Å². The van der Waals surface area contributed by atoms with Crippen LogP contribution in [-0.4, -0.2) is 43.8 Å². The van der Waals surface area contributed by atoms with Crippen LogP contribution in [0.15, 0.2) is 29.9 Å². The monoisotopic (exact) mass is 448 g/mol. The van der Waals surface area contributed by atoms with Crippen LogP contribution in [0.3, 0.4) is 0 Å². The maximum atomic E-state index is 13.4. The summed E-state index contributed by atoms with van der Waals surface area (Å²) in [6, 6.07) is 5.93. The average molecular weight is 449 g/mol. The number of likely N-dealkylation sites (tertiary alicyclic amines) is 1. The molecule has 7 nitrogen and oxygen atoms in total. The summed E-state index contributed by atoms with van der Waals surface area (Å²) < 4.78 is 0. The molecule has 8 heteroatoms. The largest absolute Gasteiger partial charge is 0.350 e. The number of hydrogen-bond donors (Lipinski definition) is 0. The Hall–Kier alpha value is -2.87. The summed E-state index contributed by atoms with van der Waals surface area (Å²) in [7, 11) is 0. The first-order valence-corrected chi connectivity index (χ1v) is 12.2. The minimum Gasteiger partial charge on any atom is -0.350 e. The molecule has 2 aliphatic heterocycles. The lowest BCUT2D eigenvalue weighted by atomic mass is 9.99. The van der Waals surface area contributed by atoms with Crippen LogP contribution in [-0.2, 0) is 13.0 Å². The van der Waals surface area contributed by atoms with Crippen molar-refractivity contribution in [2.45, 2.75) is 58.5 Å². The predicted molar refractivity (Wildman–Crippen MR) is 125 cm³/mol. The van der Waals surface area contributed by atoms with Crippen LogP contribution in [0.5, 0.6) is 0 Å². The lowest BCUT2D eigenvalue weighted by molar-refractivity contribution is 0.0603. The van der Waals surface area contributed by atoms with Crippen LogP contribution in [0.1, 0.15) is 69.9 Å². The van der Waals surface area contributed by atoms with Crippen molar-refractivity contribution in [3.63, 3.8) is 0 Å². The molecule has 166 valence electrons. The first kappa shape index (κ1) is 21.0. The number of rotatable bonds is 4. The molecule has 5 rings (SSSR count). The van der Waals surface area contributed by atoms with Crippen LogP contribution in [0.4, 0.5) is 5.82 Å². The van der Waals surface area contributed by atoms with Gasteiger partial charge in [-0.15, -0.1) is 11.3 Å². The Morgan fingerprint density at radius 2 is 2.00 bits per heavy atom. The number of fused-ring (bicyclic) bond motifs is 1. The number of aromatic nitrogens is 4. The molecule has 2 aliphatic rings. The van der Waals surface area contributed by atoms with E-state index in [1.165, 1.54) is 16.9 Å². The van der Waals surface area contributed by atoms with Gasteiger partial charge in [0, 0.05) is 30.5 Å². The fourth-order valence-electron chi connectivity index (χ4n) is 4.78. The molecule has 0 saturated carbocycles. The molecule has 0 spiro atoms. The summed E-state index contributed by atoms with van der Waals surface area (Å²) in [6.07, 6.45) is 6.89. The molecule has 0 unspecified atom stereocenters. The molecule has 1 saturated heterocycles. The second kappa shape index (κ2) is 8.94. The van der Waals surface area contributed by atoms with Gasteiger partial charge in [-0.25, -0.2) is 15.0 Å². The third kappa shape index (κ3) is 3.99. The number of thiazole rings is 1. The Morgan fingerprint density at radius 1 is 1.09 bits per heavy atom. The van der Waals surface area contributed by atoms with Crippen LogP contribution >= 0.6 is 11.3 Å². The van der Waals surface area contributed by atoms with Gasteiger partial charge < -0.3 is 9.80 Å². The Labute approximate surface area is 192 Å². The Morgan fingerprint density at radius 3 is 2.78 bits per heavy atom. The zero-order valence-electron chi connectivity index (χ0n) is 18.6. The molecular weight excluding hydrogens is 420 g/mol. The second-order valence-corrected chi connectivity index (χ2v) is 9.45. The van der Waals surface area contributed by atoms with Gasteiger partial charge in [-0.1, -0.05) is 6.07 Å². The van der Waals surface area contributed by atoms with Gasteiger partial charge in [0.05, 0.1) is 29.5 Å². The van der Waals surface area contributed by atoms with E-state index in [0.717, 1.165) is 85.3 Å². The van der Waals surface area contributed by atoms with Crippen molar-refractivity contribution >= 4 is 23.1 Å². The smallest absolute Gasteiger partial charge is 0.266 e. The molecule has 0 bridgehead atoms. The first-order valence-electron chi connectivity index (χ1n) is 11.3. The molecule has 3 aromatic rings. The molecule has 3 aromatic heterocycles. The molecule has 1 fully saturated rings. The zero-order chi connectivity index (χ0) is 22.1. The SMILES string of the molecule is Cc1ncsc1C(=O)N1CCCC[C@@H]1c1nc(C)c2c(n1)N(Cc1ccccn1)CCC2. The number of pyridine rings is 1. The minimum absolute atomic E-state index is 0.0546. The lowest BCUT2D eigenvalue weighted by Crippen LogP contribution is -2.40. The fraction of sp³-hybridized carbons (Fsp3) is 0.458. The van der Waals surface area contributed by atoms with Gasteiger partial charge in [-0.05, 0) is 58.1 Å². The number of hydrogen-bond acceptors (Lipinski definition) is 7. The Bertz CT molecular complexity index is 1110. The van der Waals surface area contributed by atoms with Gasteiger partial charge in [0.25, 0.3) is 5.91 Å². The fourth-order valence-corrected chi connectivity index (χ4v) is 5.54. The van der Waals surface area contributed by atoms with E-state index in [9.17, 15) is 4.79 Å². The number of amides is 1.